The molecule has 0 radical (unpaired) electrons. The Labute approximate surface area is 263 Å². The molecule has 11 nitrogen and oxygen atoms in total. The number of carbonyl (C=O) groups excluding carboxylic acids is 3. The molecule has 0 aromatic heterocycles. The van der Waals surface area contributed by atoms with Crippen molar-refractivity contribution in [1.29, 1.82) is 0 Å². The van der Waals surface area contributed by atoms with Gasteiger partial charge in [0.25, 0.3) is 0 Å². The fraction of sp³-hybridized carbons (Fsp3) is 0.516. The zero-order valence-electron chi connectivity index (χ0n) is 25.9. The van der Waals surface area contributed by atoms with Crippen molar-refractivity contribution in [1.82, 2.24) is 16.0 Å². The molecule has 0 saturated carbocycles. The minimum atomic E-state index is -3.80. The SMILES string of the molecule is CCCCS(=O)(=O)C[C@@H](NC(=O)OCCNC(C)=O)C(=O)O[C@H](CNCc1cccc(CC)c1)[C@@H](N)Cc1cc(F)cc(F)c1. The first-order valence-electron chi connectivity index (χ1n) is 14.9. The third kappa shape index (κ3) is 14.8. The topological polar surface area (TPSA) is 166 Å². The van der Waals surface area contributed by atoms with Gasteiger partial charge in [0.1, 0.15) is 30.4 Å². The number of halogens is 2. The Kier molecular flexibility index (Phi) is 15.9. The number of nitrogens with one attached hydrogen (secondary N) is 3. The lowest BCUT2D eigenvalue weighted by Gasteiger charge is -2.27. The number of benzene rings is 2. The molecule has 0 bridgehead atoms. The highest BCUT2D eigenvalue weighted by Crippen LogP contribution is 2.14. The first-order chi connectivity index (χ1) is 21.3. The van der Waals surface area contributed by atoms with Gasteiger partial charge in [0.05, 0.1) is 18.1 Å². The number of rotatable bonds is 19. The van der Waals surface area contributed by atoms with Gasteiger partial charge in [-0.3, -0.25) is 4.79 Å². The van der Waals surface area contributed by atoms with Crippen LogP contribution in [0.25, 0.3) is 0 Å². The van der Waals surface area contributed by atoms with Gasteiger partial charge in [0.2, 0.25) is 5.91 Å². The molecule has 0 heterocycles. The van der Waals surface area contributed by atoms with E-state index in [4.69, 9.17) is 15.2 Å². The van der Waals surface area contributed by atoms with Gasteiger partial charge in [-0.15, -0.1) is 0 Å². The van der Waals surface area contributed by atoms with Gasteiger partial charge in [0.15, 0.2) is 9.84 Å². The van der Waals surface area contributed by atoms with Crippen LogP contribution < -0.4 is 21.7 Å². The molecule has 0 saturated heterocycles. The minimum absolute atomic E-state index is 0.0110. The van der Waals surface area contributed by atoms with Crippen molar-refractivity contribution >= 4 is 27.8 Å². The van der Waals surface area contributed by atoms with Crippen LogP contribution >= 0.6 is 0 Å². The van der Waals surface area contributed by atoms with Gasteiger partial charge in [-0.1, -0.05) is 44.5 Å². The molecule has 0 aliphatic carbocycles. The second-order valence-electron chi connectivity index (χ2n) is 10.7. The third-order valence-corrected chi connectivity index (χ3v) is 8.48. The Hall–Kier alpha value is -3.62. The van der Waals surface area contributed by atoms with E-state index < -0.39 is 57.5 Å². The van der Waals surface area contributed by atoms with E-state index in [1.807, 2.05) is 38.1 Å². The quantitative estimate of drug-likeness (QED) is 0.132. The van der Waals surface area contributed by atoms with Gasteiger partial charge in [-0.2, -0.15) is 0 Å². The Balaban J connectivity index is 2.24. The standard InChI is InChI=1S/C31H44F2N4O7S/c1-4-6-12-45(41,42)20-28(37-31(40)43-11-10-36-21(3)38)30(39)44-29(19-35-18-23-9-7-8-22(5-2)13-23)27(34)16-24-14-25(32)17-26(33)15-24/h7-9,13-15,17,27-29,35H,4-6,10-12,16,18-20,34H2,1-3H3,(H,36,38)(H,37,40)/t27-,28+,29+/m0/s1. The molecule has 45 heavy (non-hydrogen) atoms. The van der Waals surface area contributed by atoms with E-state index in [1.54, 1.807) is 0 Å². The Bertz CT molecular complexity index is 1360. The lowest BCUT2D eigenvalue weighted by molar-refractivity contribution is -0.151. The summed E-state index contributed by atoms with van der Waals surface area (Å²) in [4.78, 5) is 36.9. The molecule has 0 unspecified atom stereocenters. The number of hydrogen-bond acceptors (Lipinski definition) is 9. The number of nitrogens with two attached hydrogens (primary N) is 1. The van der Waals surface area contributed by atoms with Crippen LogP contribution in [0.5, 0.6) is 0 Å². The number of aryl methyl sites for hydroxylation is 1. The highest BCUT2D eigenvalue weighted by atomic mass is 32.2. The average molecular weight is 655 g/mol. The molecule has 0 spiro atoms. The van der Waals surface area contributed by atoms with E-state index in [-0.39, 0.29) is 43.3 Å². The highest BCUT2D eigenvalue weighted by Gasteiger charge is 2.32. The molecule has 0 aliphatic rings. The van der Waals surface area contributed by atoms with Crippen LogP contribution in [-0.2, 0) is 48.3 Å². The van der Waals surface area contributed by atoms with Crippen molar-refractivity contribution in [2.45, 2.75) is 71.2 Å². The van der Waals surface area contributed by atoms with Crippen LogP contribution in [0.15, 0.2) is 42.5 Å². The second-order valence-corrected chi connectivity index (χ2v) is 12.9. The van der Waals surface area contributed by atoms with Crippen LogP contribution in [0.3, 0.4) is 0 Å². The molecular weight excluding hydrogens is 610 g/mol. The van der Waals surface area contributed by atoms with Crippen LogP contribution in [0, 0.1) is 11.6 Å². The second kappa shape index (κ2) is 19.0. The summed E-state index contributed by atoms with van der Waals surface area (Å²) in [6.07, 6.45) is -0.454. The normalized spacial score (nSPS) is 13.4. The minimum Gasteiger partial charge on any atom is -0.458 e. The summed E-state index contributed by atoms with van der Waals surface area (Å²) < 4.78 is 63.9. The first kappa shape index (κ1) is 37.6. The third-order valence-electron chi connectivity index (χ3n) is 6.73. The van der Waals surface area contributed by atoms with Gasteiger partial charge in [0, 0.05) is 32.1 Å². The Morgan fingerprint density at radius 2 is 1.69 bits per heavy atom. The molecule has 2 amide bonds. The largest absolute Gasteiger partial charge is 0.458 e. The van der Waals surface area contributed by atoms with Crippen molar-refractivity contribution in [3.63, 3.8) is 0 Å². The van der Waals surface area contributed by atoms with Gasteiger partial charge in [-0.25, -0.2) is 26.8 Å². The number of sulfone groups is 1. The summed E-state index contributed by atoms with van der Waals surface area (Å²) in [7, 11) is -3.80. The van der Waals surface area contributed by atoms with Crippen molar-refractivity contribution in [3.8, 4) is 0 Å². The van der Waals surface area contributed by atoms with E-state index in [1.165, 1.54) is 6.92 Å². The molecule has 3 atom stereocenters. The summed E-state index contributed by atoms with van der Waals surface area (Å²) in [6, 6.07) is 8.21. The van der Waals surface area contributed by atoms with E-state index in [9.17, 15) is 31.6 Å². The van der Waals surface area contributed by atoms with E-state index in [2.05, 4.69) is 16.0 Å². The molecule has 2 rings (SSSR count). The highest BCUT2D eigenvalue weighted by molar-refractivity contribution is 7.91. The summed E-state index contributed by atoms with van der Waals surface area (Å²) in [5, 5.41) is 7.87. The Morgan fingerprint density at radius 3 is 2.33 bits per heavy atom. The molecule has 14 heteroatoms. The maximum Gasteiger partial charge on any atom is 0.407 e. The monoisotopic (exact) mass is 654 g/mol. The van der Waals surface area contributed by atoms with E-state index in [0.717, 1.165) is 35.7 Å². The summed E-state index contributed by atoms with van der Waals surface area (Å²) >= 11 is 0. The van der Waals surface area contributed by atoms with Crippen molar-refractivity contribution in [2.75, 3.05) is 31.2 Å². The molecule has 2 aromatic carbocycles. The predicted molar refractivity (Wildman–Crippen MR) is 166 cm³/mol. The van der Waals surface area contributed by atoms with Crippen LogP contribution in [0.4, 0.5) is 13.6 Å². The van der Waals surface area contributed by atoms with E-state index >= 15 is 0 Å². The van der Waals surface area contributed by atoms with E-state index in [0.29, 0.717) is 19.4 Å². The number of amides is 2. The Morgan fingerprint density at radius 1 is 1.00 bits per heavy atom. The molecule has 2 aromatic rings. The number of hydrogen-bond donors (Lipinski definition) is 4. The van der Waals surface area contributed by atoms with Crippen molar-refractivity contribution in [2.24, 2.45) is 5.73 Å². The maximum absolute atomic E-state index is 13.9. The van der Waals surface area contributed by atoms with Gasteiger partial charge >= 0.3 is 12.1 Å². The smallest absolute Gasteiger partial charge is 0.407 e. The molecule has 0 aliphatic heterocycles. The first-order valence-corrected chi connectivity index (χ1v) is 16.7. The molecule has 5 N–H and O–H groups in total. The van der Waals surface area contributed by atoms with Gasteiger partial charge in [-0.05, 0) is 48.1 Å². The lowest BCUT2D eigenvalue weighted by atomic mass is 10.0. The van der Waals surface area contributed by atoms with Crippen LogP contribution in [0.2, 0.25) is 0 Å². The maximum atomic E-state index is 13.9. The summed E-state index contributed by atoms with van der Waals surface area (Å²) in [5.74, 6) is -3.96. The van der Waals surface area contributed by atoms with Gasteiger partial charge < -0.3 is 31.2 Å². The summed E-state index contributed by atoms with van der Waals surface area (Å²) in [5.41, 5.74) is 8.72. The number of carbonyl (C=O) groups is 3. The zero-order valence-corrected chi connectivity index (χ0v) is 26.8. The average Bonchev–Trinajstić information content (AvgIpc) is 2.96. The van der Waals surface area contributed by atoms with Crippen LogP contribution in [0.1, 0.15) is 50.3 Å². The number of alkyl carbamates (subject to hydrolysis) is 1. The van der Waals surface area contributed by atoms with Crippen LogP contribution in [-0.4, -0.2) is 75.8 Å². The fourth-order valence-electron chi connectivity index (χ4n) is 4.39. The molecular formula is C31H44F2N4O7S. The number of ether oxygens (including phenoxy) is 2. The lowest BCUT2D eigenvalue weighted by Crippen LogP contribution is -2.52. The fourth-order valence-corrected chi connectivity index (χ4v) is 6.01. The zero-order chi connectivity index (χ0) is 33.4. The molecule has 0 fully saturated rings. The predicted octanol–water partition coefficient (Wildman–Crippen LogP) is 2.54. The summed E-state index contributed by atoms with van der Waals surface area (Å²) in [6.45, 7) is 5.31. The molecule has 250 valence electrons. The van der Waals surface area contributed by atoms with Crippen molar-refractivity contribution in [3.05, 3.63) is 70.8 Å². The number of unbranched alkanes of at least 4 members (excludes halogenated alkanes) is 1. The van der Waals surface area contributed by atoms with Crippen molar-refractivity contribution < 1.29 is 41.1 Å². The number of esters is 1.